The first-order valence-electron chi connectivity index (χ1n) is 13.4. The van der Waals surface area contributed by atoms with Crippen molar-refractivity contribution in [1.82, 2.24) is 9.97 Å². The van der Waals surface area contributed by atoms with Crippen molar-refractivity contribution in [3.05, 3.63) is 46.0 Å². The van der Waals surface area contributed by atoms with Crippen molar-refractivity contribution < 1.29 is 14.1 Å². The van der Waals surface area contributed by atoms with Gasteiger partial charge in [0.2, 0.25) is 11.6 Å². The van der Waals surface area contributed by atoms with Gasteiger partial charge in [-0.2, -0.15) is 9.97 Å². The van der Waals surface area contributed by atoms with Crippen molar-refractivity contribution in [3.63, 3.8) is 0 Å². The minimum Gasteiger partial charge on any atom is -0.415 e. The first-order valence-corrected chi connectivity index (χ1v) is 17.5. The van der Waals surface area contributed by atoms with Crippen molar-refractivity contribution in [2.75, 3.05) is 42.8 Å². The second kappa shape index (κ2) is 13.7. The van der Waals surface area contributed by atoms with Crippen LogP contribution in [0.5, 0.6) is 0 Å². The minimum absolute atomic E-state index is 0.0714. The zero-order chi connectivity index (χ0) is 27.8. The summed E-state index contributed by atoms with van der Waals surface area (Å²) in [6.45, 7) is 13.3. The number of aromatic nitrogens is 2. The number of nitro groups is 1. The average molecular weight is 562 g/mol. The van der Waals surface area contributed by atoms with E-state index in [4.69, 9.17) is 9.16 Å². The van der Waals surface area contributed by atoms with Gasteiger partial charge in [0.1, 0.15) is 0 Å². The van der Waals surface area contributed by atoms with Crippen LogP contribution in [0.3, 0.4) is 0 Å². The van der Waals surface area contributed by atoms with E-state index in [-0.39, 0.29) is 21.7 Å². The molecule has 210 valence electrons. The molecule has 1 aliphatic rings. The van der Waals surface area contributed by atoms with Gasteiger partial charge in [-0.1, -0.05) is 75.7 Å². The summed E-state index contributed by atoms with van der Waals surface area (Å²) in [4.78, 5) is 23.1. The summed E-state index contributed by atoms with van der Waals surface area (Å²) in [5, 5.41) is 16.3. The van der Waals surface area contributed by atoms with E-state index in [1.807, 2.05) is 41.5 Å². The number of hydrogen-bond acceptors (Lipinski definition) is 9. The molecule has 1 N–H and O–H groups in total. The Morgan fingerprint density at radius 2 is 1.79 bits per heavy atom. The Bertz CT molecular complexity index is 1050. The van der Waals surface area contributed by atoms with E-state index in [0.717, 1.165) is 31.2 Å². The molecule has 2 aromatic rings. The zero-order valence-electron chi connectivity index (χ0n) is 23.7. The average Bonchev–Trinajstić information content (AvgIpc) is 3.37. The summed E-state index contributed by atoms with van der Waals surface area (Å²) >= 11 is 1.38. The molecule has 1 heterocycles. The number of rotatable bonds is 14. The van der Waals surface area contributed by atoms with Gasteiger partial charge in [-0.05, 0) is 42.8 Å². The zero-order valence-corrected chi connectivity index (χ0v) is 25.5. The maximum absolute atomic E-state index is 12.4. The van der Waals surface area contributed by atoms with E-state index in [1.165, 1.54) is 11.8 Å². The van der Waals surface area contributed by atoms with Crippen molar-refractivity contribution in [3.8, 4) is 0 Å². The van der Waals surface area contributed by atoms with Crippen LogP contribution in [0.4, 0.5) is 17.3 Å². The molecule has 1 fully saturated rings. The smallest absolute Gasteiger partial charge is 0.353 e. The van der Waals surface area contributed by atoms with E-state index in [0.29, 0.717) is 49.7 Å². The first kappa shape index (κ1) is 30.3. The van der Waals surface area contributed by atoms with Gasteiger partial charge in [0.15, 0.2) is 13.5 Å². The number of nitrogens with zero attached hydrogens (tertiary/aromatic N) is 4. The van der Waals surface area contributed by atoms with Crippen molar-refractivity contribution in [2.45, 2.75) is 82.4 Å². The second-order valence-corrected chi connectivity index (χ2v) is 16.8. The standard InChI is InChI=1S/C27H43N5O4SSi/c1-27(2,3)38(5,6)36-19-17-31(16-18-35-20-21-12-8-7-9-13-21)25-23(32(33)34)24(29-26(30-25)37-4)28-22-14-10-11-15-22/h7-9,12-13,22H,10-11,14-20H2,1-6H3,(H,28,29,30). The molecule has 38 heavy (non-hydrogen) atoms. The highest BCUT2D eigenvalue weighted by Crippen LogP contribution is 2.38. The van der Waals surface area contributed by atoms with Crippen LogP contribution in [-0.2, 0) is 15.8 Å². The third kappa shape index (κ3) is 8.39. The van der Waals surface area contributed by atoms with E-state index in [1.54, 1.807) is 0 Å². The van der Waals surface area contributed by atoms with Crippen LogP contribution in [0.2, 0.25) is 18.1 Å². The molecule has 0 saturated heterocycles. The SMILES string of the molecule is CSc1nc(NC2CCCC2)c([N+](=O)[O-])c(N(CCOCc2ccccc2)CCO[Si](C)(C)C(C)(C)C)n1. The van der Waals surface area contributed by atoms with Crippen LogP contribution in [0, 0.1) is 10.1 Å². The maximum Gasteiger partial charge on any atom is 0.353 e. The summed E-state index contributed by atoms with van der Waals surface area (Å²) < 4.78 is 12.4. The lowest BCUT2D eigenvalue weighted by Gasteiger charge is -2.37. The topological polar surface area (TPSA) is 103 Å². The van der Waals surface area contributed by atoms with Gasteiger partial charge >= 0.3 is 5.69 Å². The highest BCUT2D eigenvalue weighted by atomic mass is 32.2. The molecule has 3 rings (SSSR count). The Balaban J connectivity index is 1.86. The van der Waals surface area contributed by atoms with Gasteiger partial charge in [-0.15, -0.1) is 0 Å². The van der Waals surface area contributed by atoms with E-state index in [9.17, 15) is 10.1 Å². The lowest BCUT2D eigenvalue weighted by molar-refractivity contribution is -0.383. The van der Waals surface area contributed by atoms with Crippen LogP contribution < -0.4 is 10.2 Å². The molecule has 0 aliphatic heterocycles. The lowest BCUT2D eigenvalue weighted by atomic mass is 10.2. The predicted octanol–water partition coefficient (Wildman–Crippen LogP) is 6.51. The van der Waals surface area contributed by atoms with Crippen LogP contribution in [0.15, 0.2) is 35.5 Å². The molecule has 1 aromatic carbocycles. The summed E-state index contributed by atoms with van der Waals surface area (Å²) in [7, 11) is -1.98. The number of thioether (sulfide) groups is 1. The van der Waals surface area contributed by atoms with Crippen LogP contribution >= 0.6 is 11.8 Å². The molecular formula is C27H43N5O4SSi. The first-order chi connectivity index (χ1) is 18.0. The van der Waals surface area contributed by atoms with Crippen molar-refractivity contribution in [2.24, 2.45) is 0 Å². The Kier molecular flexibility index (Phi) is 11.0. The summed E-state index contributed by atoms with van der Waals surface area (Å²) in [6.07, 6.45) is 6.10. The van der Waals surface area contributed by atoms with Crippen molar-refractivity contribution in [1.29, 1.82) is 0 Å². The molecule has 1 aromatic heterocycles. The quantitative estimate of drug-likeness (QED) is 0.0690. The van der Waals surface area contributed by atoms with Gasteiger partial charge in [-0.3, -0.25) is 10.1 Å². The Labute approximate surface area is 232 Å². The predicted molar refractivity (Wildman–Crippen MR) is 158 cm³/mol. The van der Waals surface area contributed by atoms with E-state index in [2.05, 4.69) is 49.1 Å². The Morgan fingerprint density at radius 1 is 1.13 bits per heavy atom. The summed E-state index contributed by atoms with van der Waals surface area (Å²) in [5.74, 6) is 0.619. The largest absolute Gasteiger partial charge is 0.415 e. The lowest BCUT2D eigenvalue weighted by Crippen LogP contribution is -2.43. The van der Waals surface area contributed by atoms with Gasteiger partial charge in [0.05, 0.1) is 24.7 Å². The van der Waals surface area contributed by atoms with Gasteiger partial charge in [-0.25, -0.2) is 0 Å². The third-order valence-corrected chi connectivity index (χ3v) is 12.5. The normalized spacial score (nSPS) is 14.6. The number of nitrogens with one attached hydrogen (secondary N) is 1. The molecule has 1 aliphatic carbocycles. The van der Waals surface area contributed by atoms with E-state index >= 15 is 0 Å². The molecule has 11 heteroatoms. The molecule has 1 saturated carbocycles. The highest BCUT2D eigenvalue weighted by Gasteiger charge is 2.37. The monoisotopic (exact) mass is 561 g/mol. The Hall–Kier alpha value is -2.21. The molecule has 9 nitrogen and oxygen atoms in total. The maximum atomic E-state index is 12.4. The molecule has 0 atom stereocenters. The fraction of sp³-hybridized carbons (Fsp3) is 0.630. The number of anilines is 2. The number of ether oxygens (including phenoxy) is 1. The second-order valence-electron chi connectivity index (χ2n) is 11.2. The molecule has 0 radical (unpaired) electrons. The fourth-order valence-corrected chi connectivity index (χ4v) is 5.55. The van der Waals surface area contributed by atoms with Gasteiger partial charge in [0.25, 0.3) is 0 Å². The van der Waals surface area contributed by atoms with Crippen LogP contribution in [0.1, 0.15) is 52.0 Å². The molecule has 0 amide bonds. The fourth-order valence-electron chi connectivity index (χ4n) is 4.16. The van der Waals surface area contributed by atoms with Crippen LogP contribution in [-0.4, -0.2) is 61.8 Å². The number of hydrogen-bond donors (Lipinski definition) is 1. The number of benzene rings is 1. The molecule has 0 unspecified atom stereocenters. The minimum atomic E-state index is -1.98. The Morgan fingerprint density at radius 3 is 2.39 bits per heavy atom. The third-order valence-electron chi connectivity index (χ3n) is 7.45. The van der Waals surface area contributed by atoms with Crippen LogP contribution in [0.25, 0.3) is 0 Å². The summed E-state index contributed by atoms with van der Waals surface area (Å²) in [6, 6.07) is 10.2. The van der Waals surface area contributed by atoms with Gasteiger partial charge < -0.3 is 19.4 Å². The summed E-state index contributed by atoms with van der Waals surface area (Å²) in [5.41, 5.74) is 1.01. The highest BCUT2D eigenvalue weighted by molar-refractivity contribution is 7.98. The van der Waals surface area contributed by atoms with Gasteiger partial charge in [0, 0.05) is 19.1 Å². The molecule has 0 spiro atoms. The van der Waals surface area contributed by atoms with E-state index < -0.39 is 8.32 Å². The molecule has 0 bridgehead atoms. The molecular weight excluding hydrogens is 518 g/mol. The van der Waals surface area contributed by atoms with Crippen molar-refractivity contribution >= 4 is 37.4 Å².